The van der Waals surface area contributed by atoms with E-state index in [-0.39, 0.29) is 5.78 Å². The SMILES string of the molecule is CC[C@@]1(c2ccc3ccccc3c2)Oc2ccccc2-n2cccc2C1=O. The fraction of sp³-hybridized carbons (Fsp3) is 0.125. The van der Waals surface area contributed by atoms with Crippen LogP contribution in [0.1, 0.15) is 29.4 Å². The van der Waals surface area contributed by atoms with Crippen LogP contribution in [0.25, 0.3) is 16.5 Å². The van der Waals surface area contributed by atoms with E-state index in [1.807, 2.05) is 72.3 Å². The number of hydrogen-bond donors (Lipinski definition) is 0. The summed E-state index contributed by atoms with van der Waals surface area (Å²) in [6.07, 6.45) is 2.46. The molecule has 2 heterocycles. The predicted molar refractivity (Wildman–Crippen MR) is 107 cm³/mol. The Morgan fingerprint density at radius 2 is 1.67 bits per heavy atom. The number of fused-ring (bicyclic) bond motifs is 4. The normalized spacial score (nSPS) is 18.5. The Balaban J connectivity index is 1.79. The fourth-order valence-corrected chi connectivity index (χ4v) is 4.03. The van der Waals surface area contributed by atoms with Crippen LogP contribution in [0.2, 0.25) is 0 Å². The lowest BCUT2D eigenvalue weighted by Crippen LogP contribution is -2.41. The number of para-hydroxylation sites is 2. The molecule has 0 N–H and O–H groups in total. The Morgan fingerprint density at radius 1 is 0.889 bits per heavy atom. The monoisotopic (exact) mass is 353 g/mol. The molecular formula is C24H19NO2. The minimum Gasteiger partial charge on any atom is -0.472 e. The number of ketones is 1. The second-order valence-electron chi connectivity index (χ2n) is 6.90. The summed E-state index contributed by atoms with van der Waals surface area (Å²) in [5.41, 5.74) is 1.38. The smallest absolute Gasteiger partial charge is 0.227 e. The third-order valence-corrected chi connectivity index (χ3v) is 5.47. The van der Waals surface area contributed by atoms with Gasteiger partial charge >= 0.3 is 0 Å². The lowest BCUT2D eigenvalue weighted by atomic mass is 9.84. The molecule has 0 bridgehead atoms. The number of ether oxygens (including phenoxy) is 1. The van der Waals surface area contributed by atoms with Crippen LogP contribution in [0.4, 0.5) is 0 Å². The summed E-state index contributed by atoms with van der Waals surface area (Å²) in [5, 5.41) is 2.25. The van der Waals surface area contributed by atoms with Crippen molar-refractivity contribution in [1.82, 2.24) is 4.57 Å². The zero-order valence-corrected chi connectivity index (χ0v) is 15.1. The molecule has 1 aliphatic heterocycles. The maximum Gasteiger partial charge on any atom is 0.227 e. The number of Topliss-reactive ketones (excluding diaryl/α,β-unsaturated/α-hetero) is 1. The Kier molecular flexibility index (Phi) is 3.44. The van der Waals surface area contributed by atoms with Crippen molar-refractivity contribution in [2.45, 2.75) is 18.9 Å². The first-order valence-corrected chi connectivity index (χ1v) is 9.23. The average Bonchev–Trinajstić information content (AvgIpc) is 3.17. The van der Waals surface area contributed by atoms with E-state index in [9.17, 15) is 4.79 Å². The predicted octanol–water partition coefficient (Wildman–Crippen LogP) is 5.51. The molecule has 1 aromatic heterocycles. The van der Waals surface area contributed by atoms with E-state index in [4.69, 9.17) is 4.74 Å². The summed E-state index contributed by atoms with van der Waals surface area (Å²) in [4.78, 5) is 13.7. The third kappa shape index (κ3) is 2.25. The van der Waals surface area contributed by atoms with Crippen LogP contribution in [0.5, 0.6) is 5.75 Å². The van der Waals surface area contributed by atoms with Crippen molar-refractivity contribution < 1.29 is 9.53 Å². The van der Waals surface area contributed by atoms with E-state index >= 15 is 0 Å². The largest absolute Gasteiger partial charge is 0.472 e. The summed E-state index contributed by atoms with van der Waals surface area (Å²) >= 11 is 0. The Bertz CT molecular complexity index is 1170. The maximum absolute atomic E-state index is 13.7. The molecule has 1 aliphatic rings. The molecule has 0 saturated heterocycles. The average molecular weight is 353 g/mol. The number of carbonyl (C=O) groups excluding carboxylic acids is 1. The molecule has 3 heteroatoms. The van der Waals surface area contributed by atoms with Crippen molar-refractivity contribution in [3.05, 3.63) is 96.3 Å². The van der Waals surface area contributed by atoms with Crippen LogP contribution in [0, 0.1) is 0 Å². The lowest BCUT2D eigenvalue weighted by molar-refractivity contribution is 0.0425. The molecule has 1 atom stereocenters. The highest BCUT2D eigenvalue weighted by molar-refractivity contribution is 6.04. The van der Waals surface area contributed by atoms with Gasteiger partial charge in [0.1, 0.15) is 5.75 Å². The van der Waals surface area contributed by atoms with Gasteiger partial charge in [-0.2, -0.15) is 0 Å². The summed E-state index contributed by atoms with van der Waals surface area (Å²) in [7, 11) is 0. The van der Waals surface area contributed by atoms with E-state index in [1.165, 1.54) is 0 Å². The highest BCUT2D eigenvalue weighted by Gasteiger charge is 2.45. The van der Waals surface area contributed by atoms with E-state index < -0.39 is 5.60 Å². The Labute approximate surface area is 157 Å². The van der Waals surface area contributed by atoms with Crippen molar-refractivity contribution in [2.75, 3.05) is 0 Å². The van der Waals surface area contributed by atoms with Gasteiger partial charge in [0, 0.05) is 11.8 Å². The van der Waals surface area contributed by atoms with Crippen LogP contribution in [0.15, 0.2) is 85.1 Å². The molecule has 0 spiro atoms. The van der Waals surface area contributed by atoms with Gasteiger partial charge in [-0.25, -0.2) is 0 Å². The van der Waals surface area contributed by atoms with Crippen molar-refractivity contribution >= 4 is 16.6 Å². The summed E-state index contributed by atoms with van der Waals surface area (Å²) < 4.78 is 8.44. The van der Waals surface area contributed by atoms with Crippen LogP contribution < -0.4 is 4.74 Å². The van der Waals surface area contributed by atoms with E-state index in [0.717, 1.165) is 27.8 Å². The quantitative estimate of drug-likeness (QED) is 0.476. The highest BCUT2D eigenvalue weighted by atomic mass is 16.5. The minimum absolute atomic E-state index is 0.0125. The molecule has 0 amide bonds. The lowest BCUT2D eigenvalue weighted by Gasteiger charge is -2.31. The molecule has 3 nitrogen and oxygen atoms in total. The van der Waals surface area contributed by atoms with Gasteiger partial charge < -0.3 is 9.30 Å². The molecular weight excluding hydrogens is 334 g/mol. The van der Waals surface area contributed by atoms with Crippen molar-refractivity contribution in [1.29, 1.82) is 0 Å². The molecule has 0 fully saturated rings. The summed E-state index contributed by atoms with van der Waals surface area (Å²) in [6, 6.07) is 26.0. The molecule has 0 saturated carbocycles. The highest BCUT2D eigenvalue weighted by Crippen LogP contribution is 2.41. The first-order chi connectivity index (χ1) is 13.2. The number of aromatic nitrogens is 1. The van der Waals surface area contributed by atoms with E-state index in [2.05, 4.69) is 24.3 Å². The molecule has 4 aromatic rings. The number of hydrogen-bond acceptors (Lipinski definition) is 2. The summed E-state index contributed by atoms with van der Waals surface area (Å²) in [6.45, 7) is 2.01. The summed E-state index contributed by atoms with van der Waals surface area (Å²) in [5.74, 6) is 0.706. The first-order valence-electron chi connectivity index (χ1n) is 9.23. The Hall–Kier alpha value is -3.33. The van der Waals surface area contributed by atoms with Crippen LogP contribution in [-0.4, -0.2) is 10.4 Å². The van der Waals surface area contributed by atoms with Gasteiger partial charge in [0.05, 0.1) is 11.4 Å². The standard InChI is InChI=1S/C24H19NO2/c1-2-24(19-14-13-17-8-3-4-9-18(17)16-19)23(26)21-11-7-15-25(21)20-10-5-6-12-22(20)27-24/h3-16H,2H2,1H3/t24-/m0/s1. The number of carbonyl (C=O) groups is 1. The van der Waals surface area contributed by atoms with Crippen molar-refractivity contribution in [3.63, 3.8) is 0 Å². The van der Waals surface area contributed by atoms with Crippen LogP contribution in [-0.2, 0) is 5.60 Å². The minimum atomic E-state index is -1.05. The zero-order chi connectivity index (χ0) is 18.4. The van der Waals surface area contributed by atoms with Gasteiger partial charge in [-0.15, -0.1) is 0 Å². The van der Waals surface area contributed by atoms with Gasteiger partial charge in [-0.3, -0.25) is 4.79 Å². The van der Waals surface area contributed by atoms with Gasteiger partial charge in [-0.05, 0) is 47.5 Å². The number of rotatable bonds is 2. The zero-order valence-electron chi connectivity index (χ0n) is 15.1. The van der Waals surface area contributed by atoms with Crippen molar-refractivity contribution in [3.8, 4) is 11.4 Å². The molecule has 0 radical (unpaired) electrons. The fourth-order valence-electron chi connectivity index (χ4n) is 4.03. The second-order valence-corrected chi connectivity index (χ2v) is 6.90. The molecule has 0 unspecified atom stereocenters. The van der Waals surface area contributed by atoms with Gasteiger partial charge in [0.25, 0.3) is 0 Å². The maximum atomic E-state index is 13.7. The Morgan fingerprint density at radius 3 is 2.52 bits per heavy atom. The molecule has 27 heavy (non-hydrogen) atoms. The topological polar surface area (TPSA) is 31.2 Å². The van der Waals surface area contributed by atoms with Crippen molar-refractivity contribution in [2.24, 2.45) is 0 Å². The van der Waals surface area contributed by atoms with E-state index in [0.29, 0.717) is 12.1 Å². The first kappa shape index (κ1) is 15.9. The van der Waals surface area contributed by atoms with Gasteiger partial charge in [0.2, 0.25) is 5.78 Å². The van der Waals surface area contributed by atoms with Gasteiger partial charge in [-0.1, -0.05) is 55.5 Å². The molecule has 5 rings (SSSR count). The van der Waals surface area contributed by atoms with Crippen LogP contribution in [0.3, 0.4) is 0 Å². The third-order valence-electron chi connectivity index (χ3n) is 5.47. The number of nitrogens with zero attached hydrogens (tertiary/aromatic N) is 1. The second kappa shape index (κ2) is 5.85. The van der Waals surface area contributed by atoms with Gasteiger partial charge in [0.15, 0.2) is 5.60 Å². The molecule has 132 valence electrons. The van der Waals surface area contributed by atoms with E-state index in [1.54, 1.807) is 0 Å². The number of benzene rings is 3. The van der Waals surface area contributed by atoms with Crippen LogP contribution >= 0.6 is 0 Å². The molecule has 0 aliphatic carbocycles. The molecule has 3 aromatic carbocycles.